The van der Waals surface area contributed by atoms with Crippen molar-refractivity contribution in [1.29, 1.82) is 0 Å². The summed E-state index contributed by atoms with van der Waals surface area (Å²) in [6.07, 6.45) is 0. The van der Waals surface area contributed by atoms with Gasteiger partial charge in [-0.05, 0) is 23.8 Å². The molecule has 0 radical (unpaired) electrons. The number of rotatable bonds is 4. The van der Waals surface area contributed by atoms with Crippen molar-refractivity contribution in [3.8, 4) is 5.75 Å². The summed E-state index contributed by atoms with van der Waals surface area (Å²) < 4.78 is 5.15. The third kappa shape index (κ3) is 3.06. The van der Waals surface area contributed by atoms with Gasteiger partial charge in [0.15, 0.2) is 5.69 Å². The van der Waals surface area contributed by atoms with Crippen LogP contribution in [0.1, 0.15) is 16.1 Å². The lowest BCUT2D eigenvalue weighted by Crippen LogP contribution is -2.26. The predicted molar refractivity (Wildman–Crippen MR) is 86.5 cm³/mol. The molecule has 3 aromatic rings. The lowest BCUT2D eigenvalue weighted by molar-refractivity contribution is 0.0946. The van der Waals surface area contributed by atoms with Gasteiger partial charge in [0.05, 0.1) is 12.5 Å². The first-order valence-electron chi connectivity index (χ1n) is 7.07. The maximum atomic E-state index is 12.4. The number of aromatic amines is 1. The molecule has 6 heteroatoms. The fraction of sp³-hybridized carbons (Fsp3) is 0.118. The highest BCUT2D eigenvalue weighted by Crippen LogP contribution is 2.14. The molecule has 6 nitrogen and oxygen atoms in total. The molecule has 0 saturated heterocycles. The molecule has 0 bridgehead atoms. The molecule has 3 rings (SSSR count). The van der Waals surface area contributed by atoms with Gasteiger partial charge >= 0.3 is 0 Å². The number of methoxy groups -OCH3 is 1. The lowest BCUT2D eigenvalue weighted by atomic mass is 10.1. The molecule has 2 N–H and O–H groups in total. The normalized spacial score (nSPS) is 10.5. The van der Waals surface area contributed by atoms with Crippen LogP contribution in [0.15, 0.2) is 53.3 Å². The number of benzene rings is 2. The minimum absolute atomic E-state index is 0.197. The third-order valence-corrected chi connectivity index (χ3v) is 3.50. The Kier molecular flexibility index (Phi) is 4.05. The zero-order valence-corrected chi connectivity index (χ0v) is 12.5. The molecule has 0 saturated carbocycles. The second-order valence-electron chi connectivity index (χ2n) is 4.98. The van der Waals surface area contributed by atoms with Crippen molar-refractivity contribution in [2.45, 2.75) is 6.54 Å². The van der Waals surface area contributed by atoms with Crippen LogP contribution in [0.25, 0.3) is 10.8 Å². The van der Waals surface area contributed by atoms with E-state index < -0.39 is 0 Å². The minimum Gasteiger partial charge on any atom is -0.497 e. The van der Waals surface area contributed by atoms with Crippen LogP contribution in [-0.4, -0.2) is 23.2 Å². The highest BCUT2D eigenvalue weighted by atomic mass is 16.5. The summed E-state index contributed by atoms with van der Waals surface area (Å²) in [5.41, 5.74) is 0.791. The Morgan fingerprint density at radius 3 is 2.74 bits per heavy atom. The fourth-order valence-electron chi connectivity index (χ4n) is 2.34. The number of hydrogen-bond acceptors (Lipinski definition) is 4. The fourth-order valence-corrected chi connectivity index (χ4v) is 2.34. The molecule has 2 aromatic carbocycles. The smallest absolute Gasteiger partial charge is 0.272 e. The monoisotopic (exact) mass is 309 g/mol. The molecule has 116 valence electrons. The summed E-state index contributed by atoms with van der Waals surface area (Å²) in [4.78, 5) is 24.1. The van der Waals surface area contributed by atoms with Crippen LogP contribution in [-0.2, 0) is 6.54 Å². The Labute approximate surface area is 132 Å². The zero-order valence-electron chi connectivity index (χ0n) is 12.5. The van der Waals surface area contributed by atoms with Crippen LogP contribution in [0.2, 0.25) is 0 Å². The molecule has 0 aliphatic rings. The van der Waals surface area contributed by atoms with Gasteiger partial charge in [0.25, 0.3) is 11.5 Å². The van der Waals surface area contributed by atoms with E-state index in [0.29, 0.717) is 17.3 Å². The van der Waals surface area contributed by atoms with Crippen LogP contribution < -0.4 is 15.6 Å². The third-order valence-electron chi connectivity index (χ3n) is 3.50. The van der Waals surface area contributed by atoms with E-state index >= 15 is 0 Å². The first-order valence-corrected chi connectivity index (χ1v) is 7.07. The molecule has 23 heavy (non-hydrogen) atoms. The van der Waals surface area contributed by atoms with Crippen molar-refractivity contribution in [2.75, 3.05) is 7.11 Å². The van der Waals surface area contributed by atoms with Gasteiger partial charge in [-0.1, -0.05) is 30.3 Å². The summed E-state index contributed by atoms with van der Waals surface area (Å²) in [6.45, 7) is 0.338. The van der Waals surface area contributed by atoms with Gasteiger partial charge < -0.3 is 10.1 Å². The van der Waals surface area contributed by atoms with Gasteiger partial charge in [0, 0.05) is 11.9 Å². The van der Waals surface area contributed by atoms with E-state index in [4.69, 9.17) is 4.74 Å². The number of nitrogens with one attached hydrogen (secondary N) is 2. The van der Waals surface area contributed by atoms with Gasteiger partial charge in [-0.15, -0.1) is 0 Å². The standard InChI is InChI=1S/C17H15N3O3/c1-23-12-6-4-5-11(9-12)10-18-17(22)15-13-7-2-3-8-14(13)16(21)20-19-15/h2-9H,10H2,1H3,(H,18,22)(H,20,21). The maximum Gasteiger partial charge on any atom is 0.272 e. The van der Waals surface area contributed by atoms with Gasteiger partial charge in [0.2, 0.25) is 0 Å². The second-order valence-corrected chi connectivity index (χ2v) is 4.98. The summed E-state index contributed by atoms with van der Waals surface area (Å²) in [5.74, 6) is 0.379. The largest absolute Gasteiger partial charge is 0.497 e. The van der Waals surface area contributed by atoms with E-state index in [-0.39, 0.29) is 17.2 Å². The van der Waals surface area contributed by atoms with E-state index in [9.17, 15) is 9.59 Å². The van der Waals surface area contributed by atoms with Crippen molar-refractivity contribution in [3.63, 3.8) is 0 Å². The summed E-state index contributed by atoms with van der Waals surface area (Å²) in [6, 6.07) is 14.3. The molecular weight excluding hydrogens is 294 g/mol. The number of fused-ring (bicyclic) bond motifs is 1. The number of ether oxygens (including phenoxy) is 1. The molecule has 1 heterocycles. The quantitative estimate of drug-likeness (QED) is 0.770. The van der Waals surface area contributed by atoms with Gasteiger partial charge in [-0.3, -0.25) is 9.59 Å². The maximum absolute atomic E-state index is 12.4. The molecule has 0 aliphatic carbocycles. The van der Waals surface area contributed by atoms with Crippen LogP contribution in [0.4, 0.5) is 0 Å². The summed E-state index contributed by atoms with van der Waals surface area (Å²) >= 11 is 0. The van der Waals surface area contributed by atoms with Crippen LogP contribution >= 0.6 is 0 Å². The molecular formula is C17H15N3O3. The lowest BCUT2D eigenvalue weighted by Gasteiger charge is -2.08. The van der Waals surface area contributed by atoms with E-state index in [1.165, 1.54) is 0 Å². The Morgan fingerprint density at radius 2 is 1.96 bits per heavy atom. The van der Waals surface area contributed by atoms with Gasteiger partial charge in [-0.2, -0.15) is 5.10 Å². The summed E-state index contributed by atoms with van der Waals surface area (Å²) in [7, 11) is 1.59. The van der Waals surface area contributed by atoms with Crippen LogP contribution in [0.3, 0.4) is 0 Å². The Balaban J connectivity index is 1.84. The Bertz CT molecular complexity index is 918. The van der Waals surface area contributed by atoms with E-state index in [0.717, 1.165) is 11.3 Å². The van der Waals surface area contributed by atoms with Crippen molar-refractivity contribution < 1.29 is 9.53 Å². The first kappa shape index (κ1) is 14.8. The second kappa shape index (κ2) is 6.31. The number of H-pyrrole nitrogens is 1. The van der Waals surface area contributed by atoms with E-state index in [1.807, 2.05) is 24.3 Å². The number of amides is 1. The van der Waals surface area contributed by atoms with Crippen LogP contribution in [0.5, 0.6) is 5.75 Å². The van der Waals surface area contributed by atoms with Gasteiger partial charge in [0.1, 0.15) is 5.75 Å². The highest BCUT2D eigenvalue weighted by Gasteiger charge is 2.13. The first-order chi connectivity index (χ1) is 11.2. The van der Waals surface area contributed by atoms with Gasteiger partial charge in [-0.25, -0.2) is 5.10 Å². The Hall–Kier alpha value is -3.15. The average molecular weight is 309 g/mol. The molecule has 0 spiro atoms. The van der Waals surface area contributed by atoms with E-state index in [1.54, 1.807) is 31.4 Å². The average Bonchev–Trinajstić information content (AvgIpc) is 2.60. The molecule has 0 atom stereocenters. The zero-order chi connectivity index (χ0) is 16.2. The number of carbonyl (C=O) groups excluding carboxylic acids is 1. The minimum atomic E-state index is -0.347. The van der Waals surface area contributed by atoms with E-state index in [2.05, 4.69) is 15.5 Å². The Morgan fingerprint density at radius 1 is 1.17 bits per heavy atom. The molecule has 1 amide bonds. The van der Waals surface area contributed by atoms with Crippen molar-refractivity contribution in [1.82, 2.24) is 15.5 Å². The molecule has 0 aliphatic heterocycles. The van der Waals surface area contributed by atoms with Crippen molar-refractivity contribution >= 4 is 16.7 Å². The number of aromatic nitrogens is 2. The highest BCUT2D eigenvalue weighted by molar-refractivity contribution is 6.04. The predicted octanol–water partition coefficient (Wildman–Crippen LogP) is 1.86. The topological polar surface area (TPSA) is 84.1 Å². The number of hydrogen-bond donors (Lipinski definition) is 2. The van der Waals surface area contributed by atoms with Crippen molar-refractivity contribution in [3.05, 3.63) is 70.1 Å². The van der Waals surface area contributed by atoms with Crippen molar-refractivity contribution in [2.24, 2.45) is 0 Å². The molecule has 0 unspecified atom stereocenters. The number of carbonyl (C=O) groups is 1. The molecule has 1 aromatic heterocycles. The summed E-state index contributed by atoms with van der Waals surface area (Å²) in [5, 5.41) is 10.00. The molecule has 0 fully saturated rings. The number of nitrogens with zero attached hydrogens (tertiary/aromatic N) is 1. The van der Waals surface area contributed by atoms with Crippen LogP contribution in [0, 0.1) is 0 Å². The SMILES string of the molecule is COc1cccc(CNC(=O)c2n[nH]c(=O)c3ccccc23)c1.